The highest BCUT2D eigenvalue weighted by atomic mass is 19.1. The second-order valence-electron chi connectivity index (χ2n) is 17.4. The lowest BCUT2D eigenvalue weighted by Crippen LogP contribution is -2.50. The maximum atomic E-state index is 17.5. The normalized spacial score (nSPS) is 15.9. The summed E-state index contributed by atoms with van der Waals surface area (Å²) in [4.78, 5) is 48.5. The third-order valence-electron chi connectivity index (χ3n) is 12.4. The van der Waals surface area contributed by atoms with Gasteiger partial charge in [-0.3, -0.25) is 14.5 Å². The first kappa shape index (κ1) is 43.8. The minimum absolute atomic E-state index is 0.00924. The molecule has 2 aliphatic heterocycles. The molecule has 3 aliphatic rings. The van der Waals surface area contributed by atoms with Gasteiger partial charge in [0.15, 0.2) is 18.3 Å². The Bertz CT molecular complexity index is 2720. The number of hydrogen-bond donors (Lipinski definition) is 0. The molecule has 0 radical (unpaired) electrons. The van der Waals surface area contributed by atoms with E-state index in [0.29, 0.717) is 110 Å². The number of hydrogen-bond acceptors (Lipinski definition) is 12. The topological polar surface area (TPSA) is 141 Å². The summed E-state index contributed by atoms with van der Waals surface area (Å²) in [5.74, 6) is -0.490. The summed E-state index contributed by atoms with van der Waals surface area (Å²) in [7, 11) is 5.56. The number of benzene rings is 3. The highest BCUT2D eigenvalue weighted by Crippen LogP contribution is 2.46. The van der Waals surface area contributed by atoms with Gasteiger partial charge in [-0.25, -0.2) is 13.6 Å². The van der Waals surface area contributed by atoms with Crippen LogP contribution >= 0.6 is 0 Å². The van der Waals surface area contributed by atoms with Crippen molar-refractivity contribution in [2.45, 2.75) is 52.3 Å². The molecule has 2 amide bonds. The van der Waals surface area contributed by atoms with Crippen molar-refractivity contribution in [1.29, 1.82) is 0 Å². The van der Waals surface area contributed by atoms with Crippen LogP contribution in [0.5, 0.6) is 11.8 Å². The van der Waals surface area contributed by atoms with Crippen LogP contribution in [0.25, 0.3) is 32.9 Å². The van der Waals surface area contributed by atoms with Gasteiger partial charge in [-0.1, -0.05) is 43.3 Å². The van der Waals surface area contributed by atoms with Gasteiger partial charge in [-0.15, -0.1) is 0 Å². The highest BCUT2D eigenvalue weighted by Gasteiger charge is 2.44. The Balaban J connectivity index is 1.02. The smallest absolute Gasteiger partial charge is 0.410 e. The third kappa shape index (κ3) is 9.25. The molecule has 15 nitrogen and oxygen atoms in total. The number of amides is 2. The molecular weight excluding hydrogens is 837 g/mol. The summed E-state index contributed by atoms with van der Waals surface area (Å²) >= 11 is 0. The molecule has 9 rings (SSSR count). The predicted molar refractivity (Wildman–Crippen MR) is 240 cm³/mol. The molecule has 1 saturated heterocycles. The number of halogens is 2. The first-order valence-corrected chi connectivity index (χ1v) is 22.1. The van der Waals surface area contributed by atoms with E-state index in [0.717, 1.165) is 30.6 Å². The molecule has 3 aromatic heterocycles. The second kappa shape index (κ2) is 18.6. The van der Waals surface area contributed by atoms with Gasteiger partial charge in [-0.05, 0) is 85.9 Å². The van der Waals surface area contributed by atoms with Crippen LogP contribution < -0.4 is 14.4 Å². The number of aromatic nitrogens is 5. The minimum atomic E-state index is -0.709. The van der Waals surface area contributed by atoms with Crippen LogP contribution in [-0.4, -0.2) is 125 Å². The second-order valence-corrected chi connectivity index (χ2v) is 17.4. The number of carbonyl (C=O) groups excluding carboxylic acids is 2. The number of aryl methyl sites for hydroxylation is 2. The van der Waals surface area contributed by atoms with Crippen LogP contribution in [0.15, 0.2) is 66.9 Å². The summed E-state index contributed by atoms with van der Waals surface area (Å²) in [5.41, 5.74) is 2.71. The number of piperazine rings is 1. The van der Waals surface area contributed by atoms with Crippen LogP contribution in [0.2, 0.25) is 0 Å². The molecule has 6 aromatic rings. The lowest BCUT2D eigenvalue weighted by Gasteiger charge is -2.33. The van der Waals surface area contributed by atoms with Crippen molar-refractivity contribution in [2.75, 3.05) is 78.8 Å². The molecular formula is C48H53F2N9O6. The molecule has 1 aliphatic carbocycles. The van der Waals surface area contributed by atoms with E-state index in [1.165, 1.54) is 13.2 Å². The largest absolute Gasteiger partial charge is 0.468 e. The third-order valence-corrected chi connectivity index (χ3v) is 12.4. The molecule has 5 heterocycles. The standard InChI is InChI=1S/C48H53F2N9O6/c1-5-35-38(49)13-12-32-22-34(65-30-62-4)24-36(40(32)35)42-41(50)43-37(25-51-42)44(53-46(52-43)64-29-48(14-15-48)28-55(2)3)58-16-9-17-59-33(26-58)23-39(54-59)45(60)56-18-20-57(21-19-56)47(61)63-27-31-10-7-6-8-11-31/h6-8,10-13,22-25H,5,9,14-21,26-30H2,1-4H3. The van der Waals surface area contributed by atoms with E-state index in [-0.39, 0.29) is 41.9 Å². The zero-order valence-corrected chi connectivity index (χ0v) is 37.2. The summed E-state index contributed by atoms with van der Waals surface area (Å²) in [6.45, 7) is 5.94. The van der Waals surface area contributed by atoms with Gasteiger partial charge in [0.1, 0.15) is 35.2 Å². The fraction of sp³-hybridized carbons (Fsp3) is 0.417. The predicted octanol–water partition coefficient (Wildman–Crippen LogP) is 7.09. The monoisotopic (exact) mass is 889 g/mol. The first-order chi connectivity index (χ1) is 31.5. The number of fused-ring (bicyclic) bond motifs is 3. The van der Waals surface area contributed by atoms with Crippen molar-refractivity contribution >= 4 is 39.5 Å². The van der Waals surface area contributed by atoms with Gasteiger partial charge in [0.25, 0.3) is 5.91 Å². The number of methoxy groups -OCH3 is 1. The summed E-state index contributed by atoms with van der Waals surface area (Å²) in [6, 6.07) is 17.8. The van der Waals surface area contributed by atoms with Crippen LogP contribution in [0.4, 0.5) is 19.4 Å². The van der Waals surface area contributed by atoms with Gasteiger partial charge in [0.05, 0.1) is 24.2 Å². The molecule has 0 spiro atoms. The quantitative estimate of drug-likeness (QED) is 0.103. The SMILES string of the molecule is CCc1c(F)ccc2cc(OCOC)cc(-c3ncc4c(N5CCCn6nc(C(=O)N7CCN(C(=O)OCc8ccccc8)CC7)cc6C5)nc(OCC5(CN(C)C)CC5)nc4c3F)c12. The van der Waals surface area contributed by atoms with Crippen molar-refractivity contribution in [3.8, 4) is 23.0 Å². The molecule has 3 aromatic carbocycles. The molecule has 0 bridgehead atoms. The molecule has 17 heteroatoms. The lowest BCUT2D eigenvalue weighted by molar-refractivity contribution is 0.0512. The van der Waals surface area contributed by atoms with E-state index in [2.05, 4.69) is 4.90 Å². The molecule has 0 atom stereocenters. The van der Waals surface area contributed by atoms with E-state index in [9.17, 15) is 9.59 Å². The van der Waals surface area contributed by atoms with Gasteiger partial charge >= 0.3 is 12.1 Å². The van der Waals surface area contributed by atoms with E-state index < -0.39 is 17.7 Å². The van der Waals surface area contributed by atoms with Gasteiger partial charge < -0.3 is 38.5 Å². The van der Waals surface area contributed by atoms with Gasteiger partial charge in [0, 0.05) is 70.1 Å². The number of pyridine rings is 1. The minimum Gasteiger partial charge on any atom is -0.468 e. The zero-order valence-electron chi connectivity index (χ0n) is 37.2. The summed E-state index contributed by atoms with van der Waals surface area (Å²) < 4.78 is 57.6. The Labute approximate surface area is 375 Å². The van der Waals surface area contributed by atoms with E-state index >= 15 is 8.78 Å². The molecule has 0 unspecified atom stereocenters. The van der Waals surface area contributed by atoms with Crippen LogP contribution in [0.1, 0.15) is 53.5 Å². The molecule has 2 fully saturated rings. The van der Waals surface area contributed by atoms with E-state index in [1.54, 1.807) is 40.3 Å². The Morgan fingerprint density at radius 3 is 2.43 bits per heavy atom. The van der Waals surface area contributed by atoms with Gasteiger partial charge in [0.2, 0.25) is 0 Å². The molecule has 0 N–H and O–H groups in total. The Morgan fingerprint density at radius 1 is 0.908 bits per heavy atom. The van der Waals surface area contributed by atoms with Gasteiger partial charge in [-0.2, -0.15) is 15.1 Å². The summed E-state index contributed by atoms with van der Waals surface area (Å²) in [6.07, 6.45) is 4.15. The number of carbonyl (C=O) groups is 2. The average molecular weight is 890 g/mol. The maximum absolute atomic E-state index is 17.5. The molecule has 340 valence electrons. The molecule has 1 saturated carbocycles. The van der Waals surface area contributed by atoms with Crippen LogP contribution in [0, 0.1) is 17.0 Å². The van der Waals surface area contributed by atoms with E-state index in [4.69, 9.17) is 39.0 Å². The van der Waals surface area contributed by atoms with Crippen molar-refractivity contribution < 1.29 is 37.3 Å². The number of rotatable bonds is 14. The number of nitrogens with zero attached hydrogens (tertiary/aromatic N) is 9. The number of ether oxygens (including phenoxy) is 4. The fourth-order valence-electron chi connectivity index (χ4n) is 8.97. The van der Waals surface area contributed by atoms with Crippen molar-refractivity contribution in [3.05, 3.63) is 101 Å². The zero-order chi connectivity index (χ0) is 45.2. The summed E-state index contributed by atoms with van der Waals surface area (Å²) in [5, 5.41) is 6.31. The van der Waals surface area contributed by atoms with Crippen molar-refractivity contribution in [3.63, 3.8) is 0 Å². The lowest BCUT2D eigenvalue weighted by atomic mass is 9.94. The fourth-order valence-corrected chi connectivity index (χ4v) is 8.97. The van der Waals surface area contributed by atoms with Crippen molar-refractivity contribution in [2.24, 2.45) is 5.41 Å². The Hall–Kier alpha value is -6.46. The molecule has 65 heavy (non-hydrogen) atoms. The van der Waals surface area contributed by atoms with Crippen LogP contribution in [-0.2, 0) is 35.6 Å². The van der Waals surface area contributed by atoms with Crippen LogP contribution in [0.3, 0.4) is 0 Å². The Kier molecular flexibility index (Phi) is 12.5. The average Bonchev–Trinajstić information content (AvgIpc) is 4.02. The maximum Gasteiger partial charge on any atom is 0.410 e. The highest BCUT2D eigenvalue weighted by molar-refractivity contribution is 6.02. The Morgan fingerprint density at radius 2 is 1.69 bits per heavy atom. The number of anilines is 1. The first-order valence-electron chi connectivity index (χ1n) is 22.1. The van der Waals surface area contributed by atoms with E-state index in [1.807, 2.05) is 60.9 Å². The van der Waals surface area contributed by atoms with Crippen molar-refractivity contribution in [1.82, 2.24) is 39.4 Å².